The summed E-state index contributed by atoms with van der Waals surface area (Å²) in [4.78, 5) is 32.4. The molecule has 0 spiro atoms. The van der Waals surface area contributed by atoms with Crippen LogP contribution in [0.2, 0.25) is 0 Å². The van der Waals surface area contributed by atoms with Crippen molar-refractivity contribution < 1.29 is 4.79 Å². The summed E-state index contributed by atoms with van der Waals surface area (Å²) in [5.41, 5.74) is 2.70. The average molecular weight is 405 g/mol. The molecule has 1 atom stereocenters. The molecular formula is C24H28N4O2. The SMILES string of the molecule is Cc1ccn(CC2CCCNC2)c(=O)c1C(=O)N(C)Cc1cccc2ncccc12. The van der Waals surface area contributed by atoms with E-state index in [1.807, 2.05) is 49.5 Å². The smallest absolute Gasteiger partial charge is 0.263 e. The summed E-state index contributed by atoms with van der Waals surface area (Å²) in [5.74, 6) is 0.178. The van der Waals surface area contributed by atoms with Gasteiger partial charge in [0.15, 0.2) is 0 Å². The highest BCUT2D eigenvalue weighted by Gasteiger charge is 2.22. The topological polar surface area (TPSA) is 67.2 Å². The highest BCUT2D eigenvalue weighted by atomic mass is 16.2. The van der Waals surface area contributed by atoms with Gasteiger partial charge in [-0.3, -0.25) is 14.6 Å². The van der Waals surface area contributed by atoms with Gasteiger partial charge in [-0.1, -0.05) is 18.2 Å². The van der Waals surface area contributed by atoms with E-state index in [2.05, 4.69) is 10.3 Å². The molecular weight excluding hydrogens is 376 g/mol. The van der Waals surface area contributed by atoms with Crippen molar-refractivity contribution in [3.63, 3.8) is 0 Å². The maximum Gasteiger partial charge on any atom is 0.263 e. The van der Waals surface area contributed by atoms with Crippen molar-refractivity contribution in [3.05, 3.63) is 75.8 Å². The number of nitrogens with zero attached hydrogens (tertiary/aromatic N) is 3. The average Bonchev–Trinajstić information content (AvgIpc) is 2.77. The van der Waals surface area contributed by atoms with Crippen LogP contribution in [-0.4, -0.2) is 40.5 Å². The first kappa shape index (κ1) is 20.3. The maximum atomic E-state index is 13.3. The maximum absolute atomic E-state index is 13.3. The molecule has 1 unspecified atom stereocenters. The number of nitrogens with one attached hydrogen (secondary N) is 1. The molecule has 6 nitrogen and oxygen atoms in total. The Labute approximate surface area is 176 Å². The highest BCUT2D eigenvalue weighted by Crippen LogP contribution is 2.19. The van der Waals surface area contributed by atoms with Gasteiger partial charge in [-0.25, -0.2) is 0 Å². The zero-order valence-electron chi connectivity index (χ0n) is 17.6. The molecule has 4 rings (SSSR count). The molecule has 30 heavy (non-hydrogen) atoms. The van der Waals surface area contributed by atoms with Gasteiger partial charge in [0, 0.05) is 37.9 Å². The minimum absolute atomic E-state index is 0.197. The molecule has 1 amide bonds. The fourth-order valence-electron chi connectivity index (χ4n) is 4.25. The van der Waals surface area contributed by atoms with Gasteiger partial charge in [-0.05, 0) is 68.1 Å². The number of rotatable bonds is 5. The molecule has 1 aliphatic heterocycles. The largest absolute Gasteiger partial charge is 0.337 e. The lowest BCUT2D eigenvalue weighted by molar-refractivity contribution is 0.0782. The summed E-state index contributed by atoms with van der Waals surface area (Å²) < 4.78 is 1.70. The molecule has 0 aliphatic carbocycles. The molecule has 0 bridgehead atoms. The van der Waals surface area contributed by atoms with Crippen LogP contribution in [0.25, 0.3) is 10.9 Å². The molecule has 1 N–H and O–H groups in total. The van der Waals surface area contributed by atoms with Crippen molar-refractivity contribution in [2.75, 3.05) is 20.1 Å². The molecule has 6 heteroatoms. The summed E-state index contributed by atoms with van der Waals surface area (Å²) >= 11 is 0. The lowest BCUT2D eigenvalue weighted by Crippen LogP contribution is -2.38. The lowest BCUT2D eigenvalue weighted by Gasteiger charge is -2.24. The molecule has 1 saturated heterocycles. The van der Waals surface area contributed by atoms with Gasteiger partial charge in [0.25, 0.3) is 11.5 Å². The molecule has 2 aromatic heterocycles. The summed E-state index contributed by atoms with van der Waals surface area (Å²) in [6, 6.07) is 11.7. The third-order valence-electron chi connectivity index (χ3n) is 5.93. The van der Waals surface area contributed by atoms with E-state index >= 15 is 0 Å². The molecule has 1 aromatic carbocycles. The number of piperidine rings is 1. The monoisotopic (exact) mass is 404 g/mol. The minimum atomic E-state index is -0.241. The Morgan fingerprint density at radius 1 is 1.27 bits per heavy atom. The van der Waals surface area contributed by atoms with E-state index in [4.69, 9.17) is 0 Å². The second-order valence-corrected chi connectivity index (χ2v) is 8.19. The first-order valence-corrected chi connectivity index (χ1v) is 10.5. The molecule has 156 valence electrons. The van der Waals surface area contributed by atoms with Crippen LogP contribution >= 0.6 is 0 Å². The van der Waals surface area contributed by atoms with Gasteiger partial charge in [0.05, 0.1) is 5.52 Å². The summed E-state index contributed by atoms with van der Waals surface area (Å²) in [5, 5.41) is 4.41. The first-order valence-electron chi connectivity index (χ1n) is 10.5. The van der Waals surface area contributed by atoms with Crippen LogP contribution in [0.3, 0.4) is 0 Å². The number of aromatic nitrogens is 2. The zero-order chi connectivity index (χ0) is 21.1. The number of hydrogen-bond donors (Lipinski definition) is 1. The number of pyridine rings is 2. The van der Waals surface area contributed by atoms with Crippen molar-refractivity contribution >= 4 is 16.8 Å². The van der Waals surface area contributed by atoms with E-state index in [9.17, 15) is 9.59 Å². The Morgan fingerprint density at radius 2 is 2.13 bits per heavy atom. The number of fused-ring (bicyclic) bond motifs is 1. The lowest BCUT2D eigenvalue weighted by atomic mass is 9.99. The molecule has 0 radical (unpaired) electrons. The van der Waals surface area contributed by atoms with Gasteiger partial charge in [-0.15, -0.1) is 0 Å². The number of hydrogen-bond acceptors (Lipinski definition) is 4. The normalized spacial score (nSPS) is 16.5. The molecule has 0 saturated carbocycles. The third-order valence-corrected chi connectivity index (χ3v) is 5.93. The van der Waals surface area contributed by atoms with E-state index in [1.165, 1.54) is 0 Å². The molecule has 1 aliphatic rings. The fraction of sp³-hybridized carbons (Fsp3) is 0.375. The Bertz CT molecular complexity index is 1110. The quantitative estimate of drug-likeness (QED) is 0.710. The molecule has 1 fully saturated rings. The second-order valence-electron chi connectivity index (χ2n) is 8.19. The first-order chi connectivity index (χ1) is 14.5. The number of aryl methyl sites for hydroxylation is 1. The number of carbonyl (C=O) groups is 1. The van der Waals surface area contributed by atoms with Gasteiger partial charge in [0.2, 0.25) is 0 Å². The van der Waals surface area contributed by atoms with Crippen LogP contribution in [0.4, 0.5) is 0 Å². The summed E-state index contributed by atoms with van der Waals surface area (Å²) in [7, 11) is 1.75. The Morgan fingerprint density at radius 3 is 2.93 bits per heavy atom. The van der Waals surface area contributed by atoms with E-state index in [0.29, 0.717) is 19.0 Å². The van der Waals surface area contributed by atoms with Crippen molar-refractivity contribution in [3.8, 4) is 0 Å². The van der Waals surface area contributed by atoms with Gasteiger partial charge >= 0.3 is 0 Å². The zero-order valence-corrected chi connectivity index (χ0v) is 17.6. The van der Waals surface area contributed by atoms with E-state index in [-0.39, 0.29) is 17.0 Å². The van der Waals surface area contributed by atoms with Crippen LogP contribution in [0.1, 0.15) is 34.3 Å². The van der Waals surface area contributed by atoms with Gasteiger partial charge in [-0.2, -0.15) is 0 Å². The van der Waals surface area contributed by atoms with Crippen molar-refractivity contribution in [1.29, 1.82) is 0 Å². The predicted octanol–water partition coefficient (Wildman–Crippen LogP) is 2.98. The van der Waals surface area contributed by atoms with Crippen LogP contribution < -0.4 is 10.9 Å². The standard InChI is InChI=1S/C24H28N4O2/c1-17-10-13-28(15-18-6-4-11-25-14-18)24(30)22(17)23(29)27(2)16-19-7-3-9-21-20(19)8-5-12-26-21/h3,5,7-10,12-13,18,25H,4,6,11,14-16H2,1-2H3. The molecule has 3 aromatic rings. The summed E-state index contributed by atoms with van der Waals surface area (Å²) in [6.07, 6.45) is 5.81. The van der Waals surface area contributed by atoms with E-state index in [1.54, 1.807) is 22.7 Å². The second kappa shape index (κ2) is 8.79. The number of carbonyl (C=O) groups excluding carboxylic acids is 1. The van der Waals surface area contributed by atoms with Crippen molar-refractivity contribution in [2.45, 2.75) is 32.9 Å². The van der Waals surface area contributed by atoms with Crippen LogP contribution in [-0.2, 0) is 13.1 Å². The highest BCUT2D eigenvalue weighted by molar-refractivity contribution is 5.95. The summed E-state index contributed by atoms with van der Waals surface area (Å²) in [6.45, 7) is 4.85. The molecule has 3 heterocycles. The van der Waals surface area contributed by atoms with Crippen LogP contribution in [0.15, 0.2) is 53.6 Å². The Balaban J connectivity index is 1.58. The van der Waals surface area contributed by atoms with Gasteiger partial charge < -0.3 is 14.8 Å². The third kappa shape index (κ3) is 4.14. The van der Waals surface area contributed by atoms with Crippen molar-refractivity contribution in [1.82, 2.24) is 19.8 Å². The predicted molar refractivity (Wildman–Crippen MR) is 119 cm³/mol. The number of benzene rings is 1. The van der Waals surface area contributed by atoms with Crippen LogP contribution in [0, 0.1) is 12.8 Å². The fourth-order valence-corrected chi connectivity index (χ4v) is 4.25. The van der Waals surface area contributed by atoms with Crippen LogP contribution in [0.5, 0.6) is 0 Å². The Hall–Kier alpha value is -2.99. The van der Waals surface area contributed by atoms with E-state index < -0.39 is 0 Å². The minimum Gasteiger partial charge on any atom is -0.337 e. The van der Waals surface area contributed by atoms with E-state index in [0.717, 1.165) is 48.0 Å². The van der Waals surface area contributed by atoms with Crippen molar-refractivity contribution in [2.24, 2.45) is 5.92 Å². The number of amides is 1. The Kier molecular flexibility index (Phi) is 5.95. The van der Waals surface area contributed by atoms with Gasteiger partial charge in [0.1, 0.15) is 5.56 Å².